The van der Waals surface area contributed by atoms with E-state index < -0.39 is 0 Å². The number of nitrogens with two attached hydrogens (primary N) is 1. The van der Waals surface area contributed by atoms with E-state index in [1.54, 1.807) is 25.5 Å². The highest BCUT2D eigenvalue weighted by molar-refractivity contribution is 5.87. The smallest absolute Gasteiger partial charge is 0.132 e. The van der Waals surface area contributed by atoms with E-state index in [0.29, 0.717) is 5.82 Å². The van der Waals surface area contributed by atoms with E-state index >= 15 is 0 Å². The Bertz CT molecular complexity index is 564. The lowest BCUT2D eigenvalue weighted by molar-refractivity contribution is 0.628. The van der Waals surface area contributed by atoms with Gasteiger partial charge in [-0.25, -0.2) is 9.37 Å². The first-order valence-corrected chi connectivity index (χ1v) is 5.14. The van der Waals surface area contributed by atoms with Crippen molar-refractivity contribution in [2.45, 2.75) is 0 Å². The highest BCUT2D eigenvalue weighted by Crippen LogP contribution is 2.21. The van der Waals surface area contributed by atoms with Crippen molar-refractivity contribution in [3.05, 3.63) is 47.9 Å². The molecule has 3 nitrogen and oxygen atoms in total. The topological polar surface area (TPSA) is 51.3 Å². The second-order valence-corrected chi connectivity index (χ2v) is 3.60. The molecule has 0 saturated heterocycles. The number of rotatable bonds is 2. The van der Waals surface area contributed by atoms with Gasteiger partial charge in [0.25, 0.3) is 0 Å². The molecule has 0 fully saturated rings. The lowest BCUT2D eigenvalue weighted by atomic mass is 10.1. The van der Waals surface area contributed by atoms with E-state index in [1.165, 1.54) is 12.1 Å². The molecule has 0 aliphatic carbocycles. The fourth-order valence-electron chi connectivity index (χ4n) is 1.56. The van der Waals surface area contributed by atoms with E-state index in [-0.39, 0.29) is 5.82 Å². The van der Waals surface area contributed by atoms with Gasteiger partial charge in [-0.1, -0.05) is 12.1 Å². The highest BCUT2D eigenvalue weighted by atomic mass is 19.1. The van der Waals surface area contributed by atoms with Crippen LogP contribution in [0, 0.1) is 5.82 Å². The van der Waals surface area contributed by atoms with Gasteiger partial charge in [-0.05, 0) is 23.8 Å². The van der Waals surface area contributed by atoms with Gasteiger partial charge in [0.2, 0.25) is 0 Å². The fourth-order valence-corrected chi connectivity index (χ4v) is 1.56. The number of aromatic nitrogens is 1. The number of benzene rings is 1. The minimum Gasteiger partial charge on any atom is -0.383 e. The maximum Gasteiger partial charge on any atom is 0.132 e. The molecule has 0 atom stereocenters. The molecule has 2 N–H and O–H groups in total. The number of nitrogens with zero attached hydrogens (tertiary/aromatic N) is 2. The van der Waals surface area contributed by atoms with E-state index in [4.69, 9.17) is 5.73 Å². The molecule has 17 heavy (non-hydrogen) atoms. The second-order valence-electron chi connectivity index (χ2n) is 3.60. The van der Waals surface area contributed by atoms with Crippen molar-refractivity contribution in [2.75, 3.05) is 12.8 Å². The summed E-state index contributed by atoms with van der Waals surface area (Å²) in [5, 5.41) is 0. The third-order valence-corrected chi connectivity index (χ3v) is 2.38. The van der Waals surface area contributed by atoms with E-state index in [1.807, 2.05) is 12.1 Å². The summed E-state index contributed by atoms with van der Waals surface area (Å²) < 4.78 is 13.1. The molecular formula is C13H12FN3. The zero-order chi connectivity index (χ0) is 12.3. The van der Waals surface area contributed by atoms with Crippen molar-refractivity contribution in [1.82, 2.24) is 4.98 Å². The van der Waals surface area contributed by atoms with Crippen LogP contribution < -0.4 is 5.73 Å². The van der Waals surface area contributed by atoms with Crippen LogP contribution in [0.15, 0.2) is 41.5 Å². The van der Waals surface area contributed by atoms with Gasteiger partial charge in [-0.3, -0.25) is 4.99 Å². The summed E-state index contributed by atoms with van der Waals surface area (Å²) in [6.45, 7) is 0. The first-order valence-electron chi connectivity index (χ1n) is 5.14. The van der Waals surface area contributed by atoms with Crippen LogP contribution in [-0.4, -0.2) is 18.2 Å². The van der Waals surface area contributed by atoms with Gasteiger partial charge in [-0.2, -0.15) is 0 Å². The van der Waals surface area contributed by atoms with Gasteiger partial charge in [0.05, 0.1) is 0 Å². The van der Waals surface area contributed by atoms with Crippen molar-refractivity contribution >= 4 is 12.0 Å². The minimum atomic E-state index is -0.273. The summed E-state index contributed by atoms with van der Waals surface area (Å²) in [4.78, 5) is 7.97. The van der Waals surface area contributed by atoms with Crippen LogP contribution in [0.1, 0.15) is 5.56 Å². The number of hydrogen-bond acceptors (Lipinski definition) is 3. The number of halogens is 1. The van der Waals surface area contributed by atoms with Gasteiger partial charge < -0.3 is 5.73 Å². The van der Waals surface area contributed by atoms with Crippen molar-refractivity contribution < 1.29 is 4.39 Å². The van der Waals surface area contributed by atoms with Crippen molar-refractivity contribution in [3.63, 3.8) is 0 Å². The molecule has 0 aliphatic heterocycles. The third-order valence-electron chi connectivity index (χ3n) is 2.38. The molecule has 0 bridgehead atoms. The summed E-state index contributed by atoms with van der Waals surface area (Å²) in [5.74, 6) is 0.140. The molecule has 0 unspecified atom stereocenters. The van der Waals surface area contributed by atoms with Crippen LogP contribution in [0.4, 0.5) is 10.2 Å². The number of hydrogen-bond donors (Lipinski definition) is 1. The van der Waals surface area contributed by atoms with Crippen molar-refractivity contribution in [2.24, 2.45) is 4.99 Å². The predicted molar refractivity (Wildman–Crippen MR) is 67.6 cm³/mol. The van der Waals surface area contributed by atoms with Crippen LogP contribution in [0.25, 0.3) is 11.1 Å². The molecule has 86 valence electrons. The van der Waals surface area contributed by atoms with Crippen LogP contribution >= 0.6 is 0 Å². The fraction of sp³-hybridized carbons (Fsp3) is 0.0769. The van der Waals surface area contributed by atoms with E-state index in [2.05, 4.69) is 9.98 Å². The largest absolute Gasteiger partial charge is 0.383 e. The average Bonchev–Trinajstić information content (AvgIpc) is 2.32. The van der Waals surface area contributed by atoms with Gasteiger partial charge in [0.1, 0.15) is 11.6 Å². The molecule has 2 rings (SSSR count). The predicted octanol–water partition coefficient (Wildman–Crippen LogP) is 2.52. The molecule has 1 heterocycles. The van der Waals surface area contributed by atoms with Gasteiger partial charge in [0.15, 0.2) is 0 Å². The summed E-state index contributed by atoms with van der Waals surface area (Å²) in [7, 11) is 1.66. The third kappa shape index (κ3) is 2.47. The quantitative estimate of drug-likeness (QED) is 0.804. The summed E-state index contributed by atoms with van der Waals surface area (Å²) >= 11 is 0. The summed E-state index contributed by atoms with van der Waals surface area (Å²) in [6, 6.07) is 8.19. The highest BCUT2D eigenvalue weighted by Gasteiger charge is 2.03. The molecule has 1 aromatic carbocycles. The maximum absolute atomic E-state index is 13.1. The maximum atomic E-state index is 13.1. The first-order chi connectivity index (χ1) is 8.20. The Morgan fingerprint density at radius 1 is 1.29 bits per heavy atom. The first kappa shape index (κ1) is 11.3. The zero-order valence-electron chi connectivity index (χ0n) is 9.39. The molecule has 2 aromatic rings. The molecule has 0 saturated carbocycles. The Labute approximate surface area is 98.8 Å². The minimum absolute atomic E-state index is 0.273. The van der Waals surface area contributed by atoms with Gasteiger partial charge in [0, 0.05) is 30.6 Å². The van der Waals surface area contributed by atoms with Crippen LogP contribution in [-0.2, 0) is 0 Å². The van der Waals surface area contributed by atoms with Crippen molar-refractivity contribution in [1.29, 1.82) is 0 Å². The molecule has 0 spiro atoms. The van der Waals surface area contributed by atoms with E-state index in [9.17, 15) is 4.39 Å². The van der Waals surface area contributed by atoms with Gasteiger partial charge in [-0.15, -0.1) is 0 Å². The van der Waals surface area contributed by atoms with Crippen LogP contribution in [0.5, 0.6) is 0 Å². The Morgan fingerprint density at radius 3 is 2.82 bits per heavy atom. The molecule has 0 aliphatic rings. The Kier molecular flexibility index (Phi) is 3.14. The molecule has 4 heteroatoms. The Morgan fingerprint density at radius 2 is 2.12 bits per heavy atom. The Balaban J connectivity index is 2.50. The van der Waals surface area contributed by atoms with Crippen LogP contribution in [0.3, 0.4) is 0 Å². The van der Waals surface area contributed by atoms with Crippen LogP contribution in [0.2, 0.25) is 0 Å². The molecule has 0 amide bonds. The lowest BCUT2D eigenvalue weighted by Crippen LogP contribution is -1.97. The summed E-state index contributed by atoms with van der Waals surface area (Å²) in [5.41, 5.74) is 8.02. The second kappa shape index (κ2) is 4.74. The van der Waals surface area contributed by atoms with E-state index in [0.717, 1.165) is 16.7 Å². The monoisotopic (exact) mass is 229 g/mol. The summed E-state index contributed by atoms with van der Waals surface area (Å²) in [6.07, 6.45) is 3.25. The molecular weight excluding hydrogens is 217 g/mol. The number of nitrogen functional groups attached to an aromatic ring is 1. The zero-order valence-corrected chi connectivity index (χ0v) is 9.39. The number of anilines is 1. The average molecular weight is 229 g/mol. The Hall–Kier alpha value is -2.23. The number of pyridine rings is 1. The SMILES string of the molecule is CN=Cc1cc(-c2cccc(F)c2)cnc1N. The van der Waals surface area contributed by atoms with Gasteiger partial charge >= 0.3 is 0 Å². The molecule has 1 aromatic heterocycles. The van der Waals surface area contributed by atoms with Crippen molar-refractivity contribution in [3.8, 4) is 11.1 Å². The standard InChI is InChI=1S/C13H12FN3/c1-16-7-11-5-10(8-17-13(11)15)9-3-2-4-12(14)6-9/h2-8H,1H3,(H2,15,17). The lowest BCUT2D eigenvalue weighted by Gasteiger charge is -2.04. The molecule has 0 radical (unpaired) electrons. The normalized spacial score (nSPS) is 10.9. The number of aliphatic imine (C=N–C) groups is 1.